The third kappa shape index (κ3) is 3.21. The Morgan fingerprint density at radius 2 is 1.93 bits per heavy atom. The molecule has 0 amide bonds. The number of nitrogens with one attached hydrogen (secondary N) is 1. The average Bonchev–Trinajstić information content (AvgIpc) is 2.01. The van der Waals surface area contributed by atoms with Crippen LogP contribution >= 0.6 is 46.4 Å². The molecule has 0 atom stereocenters. The van der Waals surface area contributed by atoms with E-state index in [0.717, 1.165) is 5.56 Å². The van der Waals surface area contributed by atoms with Gasteiger partial charge in [-0.3, -0.25) is 5.43 Å². The molecular weight excluding hydrogens is 266 g/mol. The van der Waals surface area contributed by atoms with Gasteiger partial charge in [0.1, 0.15) is 0 Å². The van der Waals surface area contributed by atoms with Crippen molar-refractivity contribution < 1.29 is 0 Å². The molecular formula is C8H6Cl4N2. The Bertz CT molecular complexity index is 349. The second-order valence-corrected chi connectivity index (χ2v) is 4.30. The van der Waals surface area contributed by atoms with Gasteiger partial charge in [-0.25, -0.2) is 0 Å². The van der Waals surface area contributed by atoms with Crippen molar-refractivity contribution in [2.24, 2.45) is 5.10 Å². The van der Waals surface area contributed by atoms with Crippen molar-refractivity contribution in [2.75, 3.05) is 5.43 Å². The number of benzene rings is 1. The molecule has 0 bridgehead atoms. The summed E-state index contributed by atoms with van der Waals surface area (Å²) in [6, 6.07) is 3.36. The molecule has 1 N–H and O–H groups in total. The fourth-order valence-corrected chi connectivity index (χ4v) is 1.66. The molecule has 0 aromatic heterocycles. The van der Waals surface area contributed by atoms with Gasteiger partial charge in [0.25, 0.3) is 0 Å². The second kappa shape index (κ2) is 5.08. The van der Waals surface area contributed by atoms with E-state index in [2.05, 4.69) is 10.5 Å². The van der Waals surface area contributed by atoms with Crippen molar-refractivity contribution in [3.05, 3.63) is 27.7 Å². The second-order valence-electron chi connectivity index (χ2n) is 2.54. The molecule has 14 heavy (non-hydrogen) atoms. The molecule has 0 fully saturated rings. The highest BCUT2D eigenvalue weighted by Crippen LogP contribution is 2.29. The highest BCUT2D eigenvalue weighted by molar-refractivity contribution is 6.95. The van der Waals surface area contributed by atoms with E-state index >= 15 is 0 Å². The van der Waals surface area contributed by atoms with E-state index in [1.54, 1.807) is 12.1 Å². The SMILES string of the molecule is Cc1cc(Cl)cc(Cl)c1NN=C(Cl)Cl. The summed E-state index contributed by atoms with van der Waals surface area (Å²) in [6.45, 7) is 1.84. The largest absolute Gasteiger partial charge is 0.274 e. The predicted molar refractivity (Wildman–Crippen MR) is 64.0 cm³/mol. The minimum Gasteiger partial charge on any atom is -0.274 e. The Kier molecular flexibility index (Phi) is 4.32. The zero-order valence-corrected chi connectivity index (χ0v) is 10.1. The third-order valence-electron chi connectivity index (χ3n) is 1.50. The fourth-order valence-electron chi connectivity index (χ4n) is 0.942. The van der Waals surface area contributed by atoms with E-state index in [1.807, 2.05) is 6.92 Å². The summed E-state index contributed by atoms with van der Waals surface area (Å²) in [5.41, 5.74) is 4.14. The van der Waals surface area contributed by atoms with Gasteiger partial charge in [0.05, 0.1) is 10.7 Å². The van der Waals surface area contributed by atoms with Crippen LogP contribution in [0.25, 0.3) is 0 Å². The standard InChI is InChI=1S/C8H6Cl4N2/c1-4-2-5(9)3-6(10)7(4)13-14-8(11)12/h2-3,13H,1H3. The molecule has 0 radical (unpaired) electrons. The third-order valence-corrected chi connectivity index (χ3v) is 2.19. The Morgan fingerprint density at radius 3 is 2.43 bits per heavy atom. The van der Waals surface area contributed by atoms with Crippen LogP contribution < -0.4 is 5.43 Å². The minimum atomic E-state index is -0.115. The van der Waals surface area contributed by atoms with Gasteiger partial charge in [0.15, 0.2) is 0 Å². The van der Waals surface area contributed by atoms with Crippen LogP contribution in [0, 0.1) is 6.92 Å². The van der Waals surface area contributed by atoms with Gasteiger partial charge in [-0.15, -0.1) is 0 Å². The van der Waals surface area contributed by atoms with Crippen LogP contribution in [0.2, 0.25) is 10.0 Å². The molecule has 0 heterocycles. The smallest absolute Gasteiger partial charge is 0.215 e. The fraction of sp³-hybridized carbons (Fsp3) is 0.125. The van der Waals surface area contributed by atoms with E-state index < -0.39 is 0 Å². The minimum absolute atomic E-state index is 0.115. The first-order valence-corrected chi connectivity index (χ1v) is 5.12. The number of hydrogen-bond acceptors (Lipinski definition) is 2. The van der Waals surface area contributed by atoms with E-state index in [-0.39, 0.29) is 4.63 Å². The predicted octanol–water partition coefficient (Wildman–Crippen LogP) is 4.46. The lowest BCUT2D eigenvalue weighted by Crippen LogP contribution is -1.94. The van der Waals surface area contributed by atoms with Gasteiger partial charge in [-0.2, -0.15) is 5.10 Å². The molecule has 76 valence electrons. The Hall–Kier alpha value is -0.150. The molecule has 1 aromatic carbocycles. The quantitative estimate of drug-likeness (QED) is 0.623. The summed E-state index contributed by atoms with van der Waals surface area (Å²) in [5.74, 6) is 0. The molecule has 1 rings (SSSR count). The average molecular weight is 272 g/mol. The summed E-state index contributed by atoms with van der Waals surface area (Å²) >= 11 is 22.4. The maximum absolute atomic E-state index is 5.92. The number of aryl methyl sites for hydroxylation is 1. The molecule has 0 saturated heterocycles. The van der Waals surface area contributed by atoms with Crippen molar-refractivity contribution in [1.29, 1.82) is 0 Å². The van der Waals surface area contributed by atoms with Crippen molar-refractivity contribution >= 4 is 56.7 Å². The number of nitrogens with zero attached hydrogens (tertiary/aromatic N) is 1. The van der Waals surface area contributed by atoms with Crippen molar-refractivity contribution in [3.8, 4) is 0 Å². The van der Waals surface area contributed by atoms with Gasteiger partial charge in [-0.05, 0) is 47.8 Å². The Balaban J connectivity index is 3.03. The highest BCUT2D eigenvalue weighted by Gasteiger charge is 2.04. The van der Waals surface area contributed by atoms with Gasteiger partial charge < -0.3 is 0 Å². The summed E-state index contributed by atoms with van der Waals surface area (Å²) in [4.78, 5) is 0. The lowest BCUT2D eigenvalue weighted by Gasteiger charge is -2.07. The van der Waals surface area contributed by atoms with Crippen molar-refractivity contribution in [1.82, 2.24) is 0 Å². The molecule has 6 heteroatoms. The summed E-state index contributed by atoms with van der Waals surface area (Å²) < 4.78 is -0.115. The first kappa shape index (κ1) is 11.9. The first-order valence-electron chi connectivity index (χ1n) is 3.61. The Labute approximate surface area is 102 Å². The lowest BCUT2D eigenvalue weighted by atomic mass is 10.2. The van der Waals surface area contributed by atoms with Gasteiger partial charge in [-0.1, -0.05) is 23.2 Å². The van der Waals surface area contributed by atoms with Gasteiger partial charge in [0, 0.05) is 5.02 Å². The normalized spacial score (nSPS) is 9.79. The van der Waals surface area contributed by atoms with E-state index in [4.69, 9.17) is 46.4 Å². The van der Waals surface area contributed by atoms with Crippen LogP contribution in [-0.2, 0) is 0 Å². The number of anilines is 1. The van der Waals surface area contributed by atoms with E-state index in [0.29, 0.717) is 15.7 Å². The molecule has 1 aromatic rings. The molecule has 0 saturated carbocycles. The summed E-state index contributed by atoms with van der Waals surface area (Å²) in [7, 11) is 0. The number of hydrazone groups is 1. The molecule has 0 aliphatic rings. The van der Waals surface area contributed by atoms with Crippen LogP contribution in [0.4, 0.5) is 5.69 Å². The molecule has 0 aliphatic carbocycles. The lowest BCUT2D eigenvalue weighted by molar-refractivity contribution is 1.31. The monoisotopic (exact) mass is 270 g/mol. The van der Waals surface area contributed by atoms with E-state index in [1.165, 1.54) is 0 Å². The topological polar surface area (TPSA) is 24.4 Å². The molecule has 0 spiro atoms. The maximum atomic E-state index is 5.92. The molecule has 0 aliphatic heterocycles. The number of hydrogen-bond donors (Lipinski definition) is 1. The van der Waals surface area contributed by atoms with Crippen LogP contribution in [0.1, 0.15) is 5.56 Å². The van der Waals surface area contributed by atoms with Crippen molar-refractivity contribution in [3.63, 3.8) is 0 Å². The summed E-state index contributed by atoms with van der Waals surface area (Å²) in [5, 5.41) is 4.65. The Morgan fingerprint density at radius 1 is 1.29 bits per heavy atom. The molecule has 0 unspecified atom stereocenters. The van der Waals surface area contributed by atoms with Gasteiger partial charge in [0.2, 0.25) is 4.63 Å². The first-order chi connectivity index (χ1) is 6.50. The zero-order valence-electron chi connectivity index (χ0n) is 7.11. The number of rotatable bonds is 2. The van der Waals surface area contributed by atoms with Gasteiger partial charge >= 0.3 is 0 Å². The van der Waals surface area contributed by atoms with Crippen LogP contribution in [0.5, 0.6) is 0 Å². The zero-order chi connectivity index (χ0) is 10.7. The maximum Gasteiger partial charge on any atom is 0.215 e. The number of halogens is 4. The summed E-state index contributed by atoms with van der Waals surface area (Å²) in [6.07, 6.45) is 0. The van der Waals surface area contributed by atoms with Crippen molar-refractivity contribution in [2.45, 2.75) is 6.92 Å². The van der Waals surface area contributed by atoms with Crippen LogP contribution in [0.3, 0.4) is 0 Å². The van der Waals surface area contributed by atoms with E-state index in [9.17, 15) is 0 Å². The molecule has 2 nitrogen and oxygen atoms in total. The van der Waals surface area contributed by atoms with Crippen LogP contribution in [0.15, 0.2) is 17.2 Å². The highest BCUT2D eigenvalue weighted by atomic mass is 35.5. The van der Waals surface area contributed by atoms with Crippen LogP contribution in [-0.4, -0.2) is 4.63 Å².